The summed E-state index contributed by atoms with van der Waals surface area (Å²) in [5.74, 6) is 0. The van der Waals surface area contributed by atoms with Gasteiger partial charge in [0.2, 0.25) is 0 Å². The summed E-state index contributed by atoms with van der Waals surface area (Å²) in [4.78, 5) is 0. The number of benzene rings is 1. The van der Waals surface area contributed by atoms with Gasteiger partial charge in [0.1, 0.15) is 9.52 Å². The summed E-state index contributed by atoms with van der Waals surface area (Å²) in [7, 11) is 0.552. The van der Waals surface area contributed by atoms with Crippen LogP contribution in [0.5, 0.6) is 0 Å². The van der Waals surface area contributed by atoms with Crippen molar-refractivity contribution >= 4 is 28.7 Å². The first-order valence-electron chi connectivity index (χ1n) is 4.90. The van der Waals surface area contributed by atoms with Crippen LogP contribution in [0.3, 0.4) is 0 Å². The third kappa shape index (κ3) is 3.64. The molecule has 1 aromatic rings. The first-order valence-corrected chi connectivity index (χ1v) is 8.48. The van der Waals surface area contributed by atoms with Gasteiger partial charge in [-0.15, -0.1) is 0 Å². The molecule has 0 heterocycles. The monoisotopic (exact) mass is 217 g/mol. The number of hydrogen-bond donors (Lipinski definition) is 0. The molecule has 0 aliphatic rings. The van der Waals surface area contributed by atoms with Gasteiger partial charge in [0, 0.05) is 0 Å². The summed E-state index contributed by atoms with van der Waals surface area (Å²) < 4.78 is 0. The number of hydrogen-bond acceptors (Lipinski definition) is 0. The van der Waals surface area contributed by atoms with Gasteiger partial charge in [0.25, 0.3) is 0 Å². The lowest BCUT2D eigenvalue weighted by molar-refractivity contribution is 1.41. The first kappa shape index (κ1) is 11.5. The first-order chi connectivity index (χ1) is 6.59. The molecular weight excluding hydrogens is 200 g/mol. The average Bonchev–Trinajstić information content (AvgIpc) is 2.15. The normalized spacial score (nSPS) is 10.4. The minimum Gasteiger partial charge on any atom is -0.0947 e. The molecule has 0 atom stereocenters. The molecule has 0 aliphatic heterocycles. The Hall–Kier alpha value is -0.606. The van der Waals surface area contributed by atoms with E-state index in [9.17, 15) is 0 Å². The number of rotatable bonds is 3. The molecule has 0 N–H and O–H groups in total. The molecule has 0 saturated carbocycles. The topological polar surface area (TPSA) is 0 Å². The lowest BCUT2D eigenvalue weighted by atomic mass is 10.4. The van der Waals surface area contributed by atoms with Crippen molar-refractivity contribution in [2.24, 2.45) is 0 Å². The van der Waals surface area contributed by atoms with E-state index >= 15 is 0 Å². The highest BCUT2D eigenvalue weighted by atomic mass is 28.3. The second-order valence-corrected chi connectivity index (χ2v) is 7.68. The largest absolute Gasteiger partial charge is 0.111 e. The second-order valence-electron chi connectivity index (χ2n) is 3.94. The van der Waals surface area contributed by atoms with Gasteiger partial charge in [0.05, 0.1) is 8.80 Å². The lowest BCUT2D eigenvalue weighted by Crippen LogP contribution is -2.25. The molecule has 0 bridgehead atoms. The van der Waals surface area contributed by atoms with Crippen LogP contribution in [0, 0.1) is 0 Å². The van der Waals surface area contributed by atoms with Crippen LogP contribution in [-0.2, 0) is 0 Å². The predicted octanol–water partition coefficient (Wildman–Crippen LogP) is 1.90. The zero-order chi connectivity index (χ0) is 10.6. The molecule has 0 aliphatic carbocycles. The highest BCUT2D eigenvalue weighted by Gasteiger charge is 1.99. The maximum absolute atomic E-state index is 2.33. The molecule has 3 radical (unpaired) electrons. The molecule has 14 heavy (non-hydrogen) atoms. The van der Waals surface area contributed by atoms with Crippen LogP contribution in [0.4, 0.5) is 0 Å². The smallest absolute Gasteiger partial charge is 0.0947 e. The van der Waals surface area contributed by atoms with Gasteiger partial charge in [-0.1, -0.05) is 59.0 Å². The Bertz CT molecular complexity index is 306. The van der Waals surface area contributed by atoms with Gasteiger partial charge in [0.15, 0.2) is 0 Å². The molecule has 0 aromatic heterocycles. The molecule has 0 amide bonds. The Balaban J connectivity index is 2.69. The predicted molar refractivity (Wildman–Crippen MR) is 68.4 cm³/mol. The van der Waals surface area contributed by atoms with Gasteiger partial charge < -0.3 is 0 Å². The zero-order valence-electron chi connectivity index (χ0n) is 9.39. The summed E-state index contributed by atoms with van der Waals surface area (Å²) in [5.41, 5.74) is 3.71. The van der Waals surface area contributed by atoms with Gasteiger partial charge in [-0.05, 0) is 13.8 Å². The molecule has 1 rings (SSSR count). The minimum atomic E-state index is -0.272. The van der Waals surface area contributed by atoms with Crippen molar-refractivity contribution in [2.45, 2.75) is 26.9 Å². The van der Waals surface area contributed by atoms with E-state index in [1.54, 1.807) is 0 Å². The molecule has 73 valence electrons. The lowest BCUT2D eigenvalue weighted by Gasteiger charge is -2.03. The van der Waals surface area contributed by atoms with Crippen molar-refractivity contribution in [3.05, 3.63) is 35.5 Å². The van der Waals surface area contributed by atoms with Crippen molar-refractivity contribution in [1.82, 2.24) is 0 Å². The summed E-state index contributed by atoms with van der Waals surface area (Å²) in [6.45, 7) is 8.97. The Kier molecular flexibility index (Phi) is 4.36. The fraction of sp³-hybridized carbons (Fsp3) is 0.333. The maximum Gasteiger partial charge on any atom is 0.111 e. The van der Waals surface area contributed by atoms with Gasteiger partial charge in [-0.3, -0.25) is 0 Å². The molecule has 0 spiro atoms. The third-order valence-corrected chi connectivity index (χ3v) is 4.87. The van der Waals surface area contributed by atoms with E-state index in [1.165, 1.54) is 15.9 Å². The minimum absolute atomic E-state index is 0.272. The molecule has 0 nitrogen and oxygen atoms in total. The van der Waals surface area contributed by atoms with Gasteiger partial charge in [-0.25, -0.2) is 0 Å². The highest BCUT2D eigenvalue weighted by molar-refractivity contribution is 6.71. The van der Waals surface area contributed by atoms with Crippen molar-refractivity contribution in [2.75, 3.05) is 0 Å². The van der Waals surface area contributed by atoms with E-state index < -0.39 is 0 Å². The van der Waals surface area contributed by atoms with Gasteiger partial charge >= 0.3 is 0 Å². The summed E-state index contributed by atoms with van der Waals surface area (Å²) in [6.07, 6.45) is 0. The van der Waals surface area contributed by atoms with E-state index in [0.29, 0.717) is 0 Å². The molecule has 2 heteroatoms. The summed E-state index contributed by atoms with van der Waals surface area (Å²) in [6, 6.07) is 9.11. The number of allylic oxidation sites excluding steroid dienone is 1. The van der Waals surface area contributed by atoms with Crippen LogP contribution in [0.1, 0.15) is 13.8 Å². The van der Waals surface area contributed by atoms with Crippen LogP contribution < -0.4 is 10.4 Å². The Morgan fingerprint density at radius 3 is 2.14 bits per heavy atom. The molecule has 1 aromatic carbocycles. The Labute approximate surface area is 91.5 Å². The van der Waals surface area contributed by atoms with E-state index in [-0.39, 0.29) is 8.80 Å². The van der Waals surface area contributed by atoms with Crippen molar-refractivity contribution in [3.63, 3.8) is 0 Å². The average molecular weight is 217 g/mol. The SMILES string of the molecule is CC(C)=C[Si]c1ccc([Si](C)C)cc1. The molecule has 0 saturated heterocycles. The second kappa shape index (κ2) is 5.32. The van der Waals surface area contributed by atoms with Crippen molar-refractivity contribution < 1.29 is 0 Å². The van der Waals surface area contributed by atoms with E-state index in [4.69, 9.17) is 0 Å². The standard InChI is InChI=1S/C12H17Si2/c1-10(2)9-13-11-5-7-12(8-6-11)14(3)4/h5-9H,1-4H3. The van der Waals surface area contributed by atoms with Crippen molar-refractivity contribution in [3.8, 4) is 0 Å². The molecule has 0 unspecified atom stereocenters. The molecular formula is C12H17Si2. The van der Waals surface area contributed by atoms with E-state index in [1.807, 2.05) is 0 Å². The Morgan fingerprint density at radius 1 is 1.14 bits per heavy atom. The maximum atomic E-state index is 2.33. The Morgan fingerprint density at radius 2 is 1.71 bits per heavy atom. The zero-order valence-corrected chi connectivity index (χ0v) is 11.4. The van der Waals surface area contributed by atoms with E-state index in [0.717, 1.165) is 9.52 Å². The molecule has 0 fully saturated rings. The summed E-state index contributed by atoms with van der Waals surface area (Å²) in [5, 5.41) is 2.97. The fourth-order valence-electron chi connectivity index (χ4n) is 1.13. The van der Waals surface area contributed by atoms with Crippen LogP contribution in [0.2, 0.25) is 13.1 Å². The highest BCUT2D eigenvalue weighted by Crippen LogP contribution is 1.89. The van der Waals surface area contributed by atoms with Gasteiger partial charge in [-0.2, -0.15) is 0 Å². The quantitative estimate of drug-likeness (QED) is 0.679. The third-order valence-electron chi connectivity index (χ3n) is 1.99. The summed E-state index contributed by atoms with van der Waals surface area (Å²) >= 11 is 0. The van der Waals surface area contributed by atoms with Crippen LogP contribution in [0.15, 0.2) is 35.5 Å². The van der Waals surface area contributed by atoms with Crippen LogP contribution in [0.25, 0.3) is 0 Å². The van der Waals surface area contributed by atoms with Crippen LogP contribution in [-0.4, -0.2) is 18.3 Å². The van der Waals surface area contributed by atoms with Crippen LogP contribution >= 0.6 is 0 Å². The van der Waals surface area contributed by atoms with Crippen molar-refractivity contribution in [1.29, 1.82) is 0 Å². The fourth-order valence-corrected chi connectivity index (χ4v) is 2.78. The van der Waals surface area contributed by atoms with E-state index in [2.05, 4.69) is 56.9 Å².